The Hall–Kier alpha value is -0.650. The quantitative estimate of drug-likeness (QED) is 0.588. The van der Waals surface area contributed by atoms with Crippen LogP contribution in [0.15, 0.2) is 12.7 Å². The first-order valence-corrected chi connectivity index (χ1v) is 8.17. The van der Waals surface area contributed by atoms with Crippen molar-refractivity contribution in [3.8, 4) is 0 Å². The second-order valence-corrected chi connectivity index (χ2v) is 6.98. The maximum Gasteiger partial charge on any atom is 0.166 e. The predicted octanol–water partition coefficient (Wildman–Crippen LogP) is 0.663. The number of piperidine rings is 2. The molecule has 0 radical (unpaired) electrons. The van der Waals surface area contributed by atoms with E-state index in [0.717, 1.165) is 11.7 Å². The molecule has 4 aliphatic heterocycles. The van der Waals surface area contributed by atoms with E-state index in [9.17, 15) is 0 Å². The average molecular weight is 294 g/mol. The monoisotopic (exact) mass is 294 g/mol. The molecule has 0 aromatic heterocycles. The summed E-state index contributed by atoms with van der Waals surface area (Å²) in [4.78, 5) is 5.33. The summed E-state index contributed by atoms with van der Waals surface area (Å²) in [6.45, 7) is 14.2. The highest BCUT2D eigenvalue weighted by atomic mass is 32.1. The fraction of sp³-hybridized carbons (Fsp3) is 0.800. The molecule has 4 heterocycles. The maximum absolute atomic E-state index is 5.45. The van der Waals surface area contributed by atoms with Gasteiger partial charge in [-0.2, -0.15) is 0 Å². The summed E-state index contributed by atoms with van der Waals surface area (Å²) >= 11 is 5.45. The van der Waals surface area contributed by atoms with Crippen molar-refractivity contribution in [2.24, 2.45) is 11.3 Å². The van der Waals surface area contributed by atoms with E-state index in [1.807, 2.05) is 6.08 Å². The number of hydrogen-bond acceptors (Lipinski definition) is 3. The standard InChI is InChI=1S/C15H26N4S/c1-3-5-16-14(20)17-13-12-8-18-6-7-19(9-12)11-15(13,4-2)10-18/h3,12-13H,1,4-11H2,2H3,(H2,16,17,20)/t12?,13-,15?/m1/s1. The van der Waals surface area contributed by atoms with Gasteiger partial charge in [0.15, 0.2) is 5.11 Å². The largest absolute Gasteiger partial charge is 0.359 e. The van der Waals surface area contributed by atoms with Gasteiger partial charge in [-0.1, -0.05) is 13.0 Å². The van der Waals surface area contributed by atoms with E-state index in [-0.39, 0.29) is 0 Å². The Morgan fingerprint density at radius 3 is 2.55 bits per heavy atom. The number of nitrogens with one attached hydrogen (secondary N) is 2. The van der Waals surface area contributed by atoms with Gasteiger partial charge < -0.3 is 20.4 Å². The molecule has 4 bridgehead atoms. The first kappa shape index (κ1) is 14.3. The van der Waals surface area contributed by atoms with Gasteiger partial charge in [0.25, 0.3) is 0 Å². The number of rotatable bonds is 4. The summed E-state index contributed by atoms with van der Waals surface area (Å²) in [5.74, 6) is 0.698. The van der Waals surface area contributed by atoms with E-state index in [1.165, 1.54) is 45.7 Å². The minimum Gasteiger partial charge on any atom is -0.359 e. The summed E-state index contributed by atoms with van der Waals surface area (Å²) in [6, 6.07) is 0.517. The topological polar surface area (TPSA) is 30.5 Å². The number of fused-ring (bicyclic) bond motifs is 1. The highest BCUT2D eigenvalue weighted by molar-refractivity contribution is 7.80. The Morgan fingerprint density at radius 2 is 2.00 bits per heavy atom. The lowest BCUT2D eigenvalue weighted by molar-refractivity contribution is -0.0271. The minimum atomic E-state index is 0.359. The van der Waals surface area contributed by atoms with Crippen LogP contribution in [0.25, 0.3) is 0 Å². The van der Waals surface area contributed by atoms with Crippen molar-refractivity contribution < 1.29 is 0 Å². The zero-order valence-electron chi connectivity index (χ0n) is 12.4. The Morgan fingerprint density at radius 1 is 1.35 bits per heavy atom. The highest BCUT2D eigenvalue weighted by Gasteiger charge is 2.53. The van der Waals surface area contributed by atoms with Crippen LogP contribution < -0.4 is 10.6 Å². The lowest BCUT2D eigenvalue weighted by Gasteiger charge is -2.55. The Labute approximate surface area is 127 Å². The van der Waals surface area contributed by atoms with Gasteiger partial charge in [0.2, 0.25) is 0 Å². The Kier molecular flexibility index (Phi) is 4.02. The number of nitrogens with zero attached hydrogens (tertiary/aromatic N) is 2. The minimum absolute atomic E-state index is 0.359. The summed E-state index contributed by atoms with van der Waals surface area (Å²) in [7, 11) is 0. The third-order valence-electron chi connectivity index (χ3n) is 5.32. The Bertz CT molecular complexity index is 381. The van der Waals surface area contributed by atoms with Crippen LogP contribution in [0.2, 0.25) is 0 Å². The SMILES string of the molecule is C=CCNC(=S)N[C@@H]1C2CN3CCN(C2)CC1(CC)C3. The van der Waals surface area contributed by atoms with Crippen molar-refractivity contribution >= 4 is 17.3 Å². The molecule has 2 unspecified atom stereocenters. The van der Waals surface area contributed by atoms with Gasteiger partial charge in [-0.15, -0.1) is 6.58 Å². The van der Waals surface area contributed by atoms with E-state index in [4.69, 9.17) is 12.2 Å². The lowest BCUT2D eigenvalue weighted by Crippen LogP contribution is -2.69. The third-order valence-corrected chi connectivity index (χ3v) is 5.59. The van der Waals surface area contributed by atoms with Crippen LogP contribution >= 0.6 is 12.2 Å². The van der Waals surface area contributed by atoms with Crippen molar-refractivity contribution in [1.82, 2.24) is 20.4 Å². The molecule has 0 aromatic carbocycles. The fourth-order valence-electron chi connectivity index (χ4n) is 4.39. The fourth-order valence-corrected chi connectivity index (χ4v) is 4.60. The van der Waals surface area contributed by atoms with Crippen molar-refractivity contribution in [1.29, 1.82) is 0 Å². The molecule has 3 atom stereocenters. The first-order valence-electron chi connectivity index (χ1n) is 7.77. The molecule has 4 saturated heterocycles. The molecule has 20 heavy (non-hydrogen) atoms. The van der Waals surface area contributed by atoms with Crippen molar-refractivity contribution in [3.63, 3.8) is 0 Å². The first-order chi connectivity index (χ1) is 9.66. The van der Waals surface area contributed by atoms with Crippen LogP contribution in [0.5, 0.6) is 0 Å². The van der Waals surface area contributed by atoms with Crippen LogP contribution in [-0.4, -0.2) is 66.8 Å². The van der Waals surface area contributed by atoms with Crippen molar-refractivity contribution in [2.45, 2.75) is 19.4 Å². The van der Waals surface area contributed by atoms with E-state index >= 15 is 0 Å². The Balaban J connectivity index is 1.76. The maximum atomic E-state index is 5.45. The molecule has 0 spiro atoms. The molecule has 4 fully saturated rings. The van der Waals surface area contributed by atoms with Gasteiger partial charge in [-0.25, -0.2) is 0 Å². The van der Waals surface area contributed by atoms with Crippen LogP contribution in [0.4, 0.5) is 0 Å². The molecule has 112 valence electrons. The van der Waals surface area contributed by atoms with E-state index < -0.39 is 0 Å². The van der Waals surface area contributed by atoms with E-state index in [0.29, 0.717) is 17.4 Å². The van der Waals surface area contributed by atoms with E-state index in [1.54, 1.807) is 0 Å². The number of thiocarbonyl (C=S) groups is 1. The molecule has 0 aromatic rings. The summed E-state index contributed by atoms with van der Waals surface area (Å²) in [5, 5.41) is 7.65. The van der Waals surface area contributed by atoms with Gasteiger partial charge in [-0.3, -0.25) is 0 Å². The molecule has 4 rings (SSSR count). The summed E-state index contributed by atoms with van der Waals surface area (Å²) < 4.78 is 0. The van der Waals surface area contributed by atoms with Gasteiger partial charge in [0.05, 0.1) is 0 Å². The second kappa shape index (κ2) is 5.62. The van der Waals surface area contributed by atoms with E-state index in [2.05, 4.69) is 33.9 Å². The van der Waals surface area contributed by atoms with Gasteiger partial charge in [0.1, 0.15) is 0 Å². The summed E-state index contributed by atoms with van der Waals surface area (Å²) in [6.07, 6.45) is 3.07. The van der Waals surface area contributed by atoms with Gasteiger partial charge >= 0.3 is 0 Å². The van der Waals surface area contributed by atoms with Crippen molar-refractivity contribution in [2.75, 3.05) is 45.8 Å². The lowest BCUT2D eigenvalue weighted by atomic mass is 9.66. The second-order valence-electron chi connectivity index (χ2n) is 6.57. The van der Waals surface area contributed by atoms with Crippen LogP contribution in [0.3, 0.4) is 0 Å². The van der Waals surface area contributed by atoms with Crippen LogP contribution in [0, 0.1) is 11.3 Å². The number of hydrogen-bond donors (Lipinski definition) is 2. The smallest absolute Gasteiger partial charge is 0.166 e. The third kappa shape index (κ3) is 2.47. The average Bonchev–Trinajstić information content (AvgIpc) is 2.68. The molecule has 5 heteroatoms. The predicted molar refractivity (Wildman–Crippen MR) is 86.8 cm³/mol. The van der Waals surface area contributed by atoms with Crippen LogP contribution in [0.1, 0.15) is 13.3 Å². The normalized spacial score (nSPS) is 42.0. The molecular weight excluding hydrogens is 268 g/mol. The molecule has 4 aliphatic rings. The summed E-state index contributed by atoms with van der Waals surface area (Å²) in [5.41, 5.74) is 0.359. The van der Waals surface area contributed by atoms with Gasteiger partial charge in [0, 0.05) is 63.2 Å². The zero-order chi connectivity index (χ0) is 14.2. The highest BCUT2D eigenvalue weighted by Crippen LogP contribution is 2.42. The van der Waals surface area contributed by atoms with Gasteiger partial charge in [-0.05, 0) is 18.6 Å². The molecule has 2 N–H and O–H groups in total. The molecule has 0 saturated carbocycles. The molecular formula is C15H26N4S. The van der Waals surface area contributed by atoms with Crippen molar-refractivity contribution in [3.05, 3.63) is 12.7 Å². The molecule has 0 aliphatic carbocycles. The molecule has 4 nitrogen and oxygen atoms in total. The molecule has 0 amide bonds. The van der Waals surface area contributed by atoms with Crippen LogP contribution in [-0.2, 0) is 0 Å². The zero-order valence-corrected chi connectivity index (χ0v) is 13.2.